The third kappa shape index (κ3) is 4.89. The molecule has 1 heterocycles. The number of benzene rings is 2. The highest BCUT2D eigenvalue weighted by molar-refractivity contribution is 8.00. The van der Waals surface area contributed by atoms with Gasteiger partial charge in [-0.05, 0) is 62.4 Å². The number of ketones is 1. The lowest BCUT2D eigenvalue weighted by molar-refractivity contribution is 0.0993. The molecule has 28 heavy (non-hydrogen) atoms. The van der Waals surface area contributed by atoms with Crippen molar-refractivity contribution < 1.29 is 23.1 Å². The molecule has 0 fully saturated rings. The maximum Gasteiger partial charge on any atom is 0.277 e. The second-order valence-corrected chi connectivity index (χ2v) is 7.27. The first-order valence-corrected chi connectivity index (χ1v) is 9.45. The normalized spacial score (nSPS) is 13.0. The first-order chi connectivity index (χ1) is 13.5. The highest BCUT2D eigenvalue weighted by Gasteiger charge is 2.22. The molecule has 0 aliphatic rings. The number of carbonyl (C=O) groups is 1. The van der Waals surface area contributed by atoms with Crippen LogP contribution in [0.1, 0.15) is 36.2 Å². The Bertz CT molecular complexity index is 928. The molecule has 3 aromatic rings. The summed E-state index contributed by atoms with van der Waals surface area (Å²) in [6, 6.07) is 12.6. The average molecular weight is 402 g/mol. The molecule has 0 radical (unpaired) electrons. The summed E-state index contributed by atoms with van der Waals surface area (Å²) < 4.78 is 29.3. The Balaban J connectivity index is 1.61. The molecule has 0 N–H and O–H groups in total. The fraction of sp³-hybridized carbons (Fsp3) is 0.250. The highest BCUT2D eigenvalue weighted by Crippen LogP contribution is 2.28. The van der Waals surface area contributed by atoms with Gasteiger partial charge in [0.15, 0.2) is 11.9 Å². The SMILES string of the molecule is COc1ccc(C(=O)[C@H](C)Sc2nnc([C@@H](C)Oc3ccc(F)cc3)o2)cc1. The summed E-state index contributed by atoms with van der Waals surface area (Å²) in [7, 11) is 1.57. The Morgan fingerprint density at radius 1 is 1.04 bits per heavy atom. The molecule has 0 saturated heterocycles. The number of hydrogen-bond donors (Lipinski definition) is 0. The van der Waals surface area contributed by atoms with Crippen LogP contribution in [-0.4, -0.2) is 28.3 Å². The standard InChI is InChI=1S/C20H19FN2O4S/c1-12(26-17-10-6-15(21)7-11-17)19-22-23-20(27-19)28-13(2)18(24)14-4-8-16(25-3)9-5-14/h4-13H,1-3H3/t12-,13+/m1/s1. The van der Waals surface area contributed by atoms with Crippen LogP contribution in [0.4, 0.5) is 4.39 Å². The van der Waals surface area contributed by atoms with Gasteiger partial charge in [-0.3, -0.25) is 4.79 Å². The third-order valence-corrected chi connectivity index (χ3v) is 4.85. The number of rotatable bonds is 8. The van der Waals surface area contributed by atoms with E-state index in [0.29, 0.717) is 17.1 Å². The molecule has 0 spiro atoms. The van der Waals surface area contributed by atoms with Gasteiger partial charge in [0.2, 0.25) is 0 Å². The van der Waals surface area contributed by atoms with Crippen molar-refractivity contribution in [1.29, 1.82) is 0 Å². The third-order valence-electron chi connectivity index (χ3n) is 3.92. The number of ether oxygens (including phenoxy) is 2. The molecule has 0 saturated carbocycles. The van der Waals surface area contributed by atoms with Gasteiger partial charge in [-0.25, -0.2) is 4.39 Å². The predicted octanol–water partition coefficient (Wildman–Crippen LogP) is 4.72. The number of Topliss-reactive ketones (excluding diaryl/α,β-unsaturated/α-hetero) is 1. The topological polar surface area (TPSA) is 74.5 Å². The first-order valence-electron chi connectivity index (χ1n) is 8.57. The maximum absolute atomic E-state index is 13.0. The van der Waals surface area contributed by atoms with Crippen molar-refractivity contribution in [3.63, 3.8) is 0 Å². The van der Waals surface area contributed by atoms with Crippen LogP contribution in [0.2, 0.25) is 0 Å². The van der Waals surface area contributed by atoms with E-state index in [4.69, 9.17) is 13.9 Å². The lowest BCUT2D eigenvalue weighted by Gasteiger charge is -2.10. The number of aromatic nitrogens is 2. The van der Waals surface area contributed by atoms with Gasteiger partial charge in [0, 0.05) is 5.56 Å². The summed E-state index contributed by atoms with van der Waals surface area (Å²) in [5, 5.41) is 7.81. The van der Waals surface area contributed by atoms with Crippen LogP contribution < -0.4 is 9.47 Å². The summed E-state index contributed by atoms with van der Waals surface area (Å²) in [5.74, 6) is 1.06. The molecule has 3 rings (SSSR count). The first kappa shape index (κ1) is 19.9. The van der Waals surface area contributed by atoms with E-state index >= 15 is 0 Å². The predicted molar refractivity (Wildman–Crippen MR) is 102 cm³/mol. The fourth-order valence-electron chi connectivity index (χ4n) is 2.39. The molecule has 2 aromatic carbocycles. The van der Waals surface area contributed by atoms with Crippen molar-refractivity contribution in [3.8, 4) is 11.5 Å². The van der Waals surface area contributed by atoms with E-state index in [2.05, 4.69) is 10.2 Å². The molecule has 0 amide bonds. The van der Waals surface area contributed by atoms with E-state index in [1.165, 1.54) is 36.0 Å². The molecule has 1 aromatic heterocycles. The Morgan fingerprint density at radius 3 is 2.32 bits per heavy atom. The minimum absolute atomic E-state index is 0.0528. The van der Waals surface area contributed by atoms with Crippen LogP contribution in [-0.2, 0) is 0 Å². The zero-order valence-electron chi connectivity index (χ0n) is 15.6. The quantitative estimate of drug-likeness (QED) is 0.399. The summed E-state index contributed by atoms with van der Waals surface area (Å²) in [4.78, 5) is 12.6. The van der Waals surface area contributed by atoms with E-state index in [0.717, 1.165) is 0 Å². The summed E-state index contributed by atoms with van der Waals surface area (Å²) in [6.45, 7) is 3.52. The largest absolute Gasteiger partial charge is 0.497 e. The molecular weight excluding hydrogens is 383 g/mol. The Morgan fingerprint density at radius 2 is 1.68 bits per heavy atom. The lowest BCUT2D eigenvalue weighted by Crippen LogP contribution is -2.13. The zero-order valence-corrected chi connectivity index (χ0v) is 16.4. The van der Waals surface area contributed by atoms with E-state index < -0.39 is 11.4 Å². The molecule has 6 nitrogen and oxygen atoms in total. The lowest BCUT2D eigenvalue weighted by atomic mass is 10.1. The van der Waals surface area contributed by atoms with E-state index in [1.807, 2.05) is 0 Å². The smallest absolute Gasteiger partial charge is 0.277 e. The molecule has 0 unspecified atom stereocenters. The molecule has 0 aliphatic carbocycles. The Labute approximate surface area is 166 Å². The summed E-state index contributed by atoms with van der Waals surface area (Å²) in [5.41, 5.74) is 0.577. The van der Waals surface area contributed by atoms with Crippen molar-refractivity contribution >= 4 is 17.5 Å². The van der Waals surface area contributed by atoms with Crippen molar-refractivity contribution in [3.05, 3.63) is 65.8 Å². The number of hydrogen-bond acceptors (Lipinski definition) is 7. The number of thioether (sulfide) groups is 1. The van der Waals surface area contributed by atoms with Gasteiger partial charge in [0.1, 0.15) is 17.3 Å². The monoisotopic (exact) mass is 402 g/mol. The van der Waals surface area contributed by atoms with E-state index in [9.17, 15) is 9.18 Å². The van der Waals surface area contributed by atoms with E-state index in [1.54, 1.807) is 45.2 Å². The molecule has 0 bridgehead atoms. The summed E-state index contributed by atoms with van der Waals surface area (Å²) in [6.07, 6.45) is -0.514. The number of halogens is 1. The molecule has 8 heteroatoms. The van der Waals surface area contributed by atoms with Crippen LogP contribution in [0.15, 0.2) is 58.2 Å². The molecule has 0 aliphatic heterocycles. The average Bonchev–Trinajstić information content (AvgIpc) is 3.18. The second-order valence-electron chi connectivity index (χ2n) is 5.97. The minimum Gasteiger partial charge on any atom is -0.497 e. The van der Waals surface area contributed by atoms with Gasteiger partial charge in [-0.1, -0.05) is 11.8 Å². The van der Waals surface area contributed by atoms with Crippen molar-refractivity contribution in [2.24, 2.45) is 0 Å². The Kier molecular flexibility index (Phi) is 6.30. The van der Waals surface area contributed by atoms with Crippen LogP contribution >= 0.6 is 11.8 Å². The van der Waals surface area contributed by atoms with Gasteiger partial charge in [-0.15, -0.1) is 10.2 Å². The highest BCUT2D eigenvalue weighted by atomic mass is 32.2. The molecule has 146 valence electrons. The van der Waals surface area contributed by atoms with Crippen LogP contribution in [0.5, 0.6) is 11.5 Å². The summed E-state index contributed by atoms with van der Waals surface area (Å²) >= 11 is 1.18. The van der Waals surface area contributed by atoms with Crippen LogP contribution in [0, 0.1) is 5.82 Å². The van der Waals surface area contributed by atoms with Gasteiger partial charge >= 0.3 is 0 Å². The van der Waals surface area contributed by atoms with Crippen molar-refractivity contribution in [2.75, 3.05) is 7.11 Å². The number of nitrogens with zero attached hydrogens (tertiary/aromatic N) is 2. The van der Waals surface area contributed by atoms with Crippen LogP contribution in [0.25, 0.3) is 0 Å². The Hall–Kier alpha value is -2.87. The van der Waals surface area contributed by atoms with Gasteiger partial charge < -0.3 is 13.9 Å². The van der Waals surface area contributed by atoms with Crippen molar-refractivity contribution in [1.82, 2.24) is 10.2 Å². The van der Waals surface area contributed by atoms with Crippen molar-refractivity contribution in [2.45, 2.75) is 30.4 Å². The number of methoxy groups -OCH3 is 1. The van der Waals surface area contributed by atoms with Crippen LogP contribution in [0.3, 0.4) is 0 Å². The van der Waals surface area contributed by atoms with Gasteiger partial charge in [0.05, 0.1) is 12.4 Å². The van der Waals surface area contributed by atoms with Gasteiger partial charge in [-0.2, -0.15) is 0 Å². The fourth-order valence-corrected chi connectivity index (χ4v) is 3.16. The van der Waals surface area contributed by atoms with E-state index in [-0.39, 0.29) is 22.7 Å². The number of carbonyl (C=O) groups excluding carboxylic acids is 1. The molecule has 2 atom stereocenters. The second kappa shape index (κ2) is 8.88. The maximum atomic E-state index is 13.0. The van der Waals surface area contributed by atoms with Gasteiger partial charge in [0.25, 0.3) is 11.1 Å². The zero-order chi connectivity index (χ0) is 20.1. The molecular formula is C20H19FN2O4S. The minimum atomic E-state index is -0.514.